The first kappa shape index (κ1) is 13.6. The predicted molar refractivity (Wildman–Crippen MR) is 84.6 cm³/mol. The molecule has 0 saturated heterocycles. The smallest absolute Gasteiger partial charge is 0.00719 e. The molecular formula is C19H33N. The molecule has 3 atom stereocenters. The predicted octanol–water partition coefficient (Wildman–Crippen LogP) is 4.76. The monoisotopic (exact) mass is 275 g/mol. The first-order valence-corrected chi connectivity index (χ1v) is 9.09. The van der Waals surface area contributed by atoms with Crippen molar-refractivity contribution in [2.75, 3.05) is 7.05 Å². The van der Waals surface area contributed by atoms with Gasteiger partial charge in [-0.15, -0.1) is 0 Å². The van der Waals surface area contributed by atoms with Gasteiger partial charge in [0.2, 0.25) is 0 Å². The Labute approximate surface area is 125 Å². The van der Waals surface area contributed by atoms with Crippen LogP contribution >= 0.6 is 0 Å². The van der Waals surface area contributed by atoms with Gasteiger partial charge in [-0.2, -0.15) is 0 Å². The molecule has 5 saturated carbocycles. The highest BCUT2D eigenvalue weighted by atomic mass is 14.9. The topological polar surface area (TPSA) is 12.0 Å². The number of hydrogen-bond acceptors (Lipinski definition) is 1. The van der Waals surface area contributed by atoms with Crippen LogP contribution in [-0.2, 0) is 0 Å². The van der Waals surface area contributed by atoms with Gasteiger partial charge in [0.25, 0.3) is 0 Å². The molecule has 5 rings (SSSR count). The van der Waals surface area contributed by atoms with E-state index in [-0.39, 0.29) is 0 Å². The lowest BCUT2D eigenvalue weighted by Crippen LogP contribution is -2.56. The Hall–Kier alpha value is -0.0400. The third-order valence-electron chi connectivity index (χ3n) is 7.14. The zero-order chi connectivity index (χ0) is 14.0. The summed E-state index contributed by atoms with van der Waals surface area (Å²) in [6.07, 6.45) is 15.2. The summed E-state index contributed by atoms with van der Waals surface area (Å²) in [5, 5.41) is 3.67. The molecule has 0 spiro atoms. The summed E-state index contributed by atoms with van der Waals surface area (Å²) in [7, 11) is 2.21. The summed E-state index contributed by atoms with van der Waals surface area (Å²) in [5.74, 6) is 2.12. The van der Waals surface area contributed by atoms with E-state index in [0.717, 1.165) is 17.9 Å². The third-order valence-corrected chi connectivity index (χ3v) is 7.14. The van der Waals surface area contributed by atoms with Gasteiger partial charge < -0.3 is 5.32 Å². The molecular weight excluding hydrogens is 242 g/mol. The maximum absolute atomic E-state index is 3.67. The molecule has 0 heterocycles. The summed E-state index contributed by atoms with van der Waals surface area (Å²) >= 11 is 0. The molecule has 5 aliphatic rings. The Morgan fingerprint density at radius 1 is 1.00 bits per heavy atom. The lowest BCUT2D eigenvalue weighted by Gasteiger charge is -2.66. The van der Waals surface area contributed by atoms with E-state index in [2.05, 4.69) is 26.2 Å². The van der Waals surface area contributed by atoms with Crippen molar-refractivity contribution >= 4 is 0 Å². The Morgan fingerprint density at radius 3 is 2.15 bits per heavy atom. The summed E-state index contributed by atoms with van der Waals surface area (Å²) in [6, 6.07) is 0.797. The van der Waals surface area contributed by atoms with E-state index in [4.69, 9.17) is 0 Å². The van der Waals surface area contributed by atoms with Crippen LogP contribution in [0.1, 0.15) is 78.1 Å². The van der Waals surface area contributed by atoms with Gasteiger partial charge in [-0.3, -0.25) is 0 Å². The van der Waals surface area contributed by atoms with Crippen LogP contribution in [0.4, 0.5) is 0 Å². The van der Waals surface area contributed by atoms with Crippen LogP contribution in [0.3, 0.4) is 0 Å². The van der Waals surface area contributed by atoms with E-state index in [1.807, 2.05) is 0 Å². The second kappa shape index (κ2) is 4.24. The van der Waals surface area contributed by atoms with Crippen LogP contribution in [0.5, 0.6) is 0 Å². The highest BCUT2D eigenvalue weighted by molar-refractivity contribution is 5.11. The molecule has 0 aromatic carbocycles. The van der Waals surface area contributed by atoms with Crippen LogP contribution in [0.15, 0.2) is 0 Å². The minimum atomic E-state index is 0.687. The maximum Gasteiger partial charge on any atom is 0.00719 e. The van der Waals surface area contributed by atoms with Gasteiger partial charge in [-0.05, 0) is 86.5 Å². The Morgan fingerprint density at radius 2 is 1.65 bits per heavy atom. The number of hydrogen-bond donors (Lipinski definition) is 1. The Balaban J connectivity index is 1.53. The quantitative estimate of drug-likeness (QED) is 0.762. The molecule has 4 bridgehead atoms. The molecule has 0 amide bonds. The van der Waals surface area contributed by atoms with Crippen LogP contribution in [0.2, 0.25) is 0 Å². The fourth-order valence-corrected chi connectivity index (χ4v) is 7.49. The summed E-state index contributed by atoms with van der Waals surface area (Å²) < 4.78 is 0. The maximum atomic E-state index is 3.67. The minimum absolute atomic E-state index is 0.687. The van der Waals surface area contributed by atoms with Crippen molar-refractivity contribution in [3.63, 3.8) is 0 Å². The van der Waals surface area contributed by atoms with Crippen LogP contribution in [0, 0.1) is 28.1 Å². The Bertz CT molecular complexity index is 379. The van der Waals surface area contributed by atoms with Gasteiger partial charge in [0.1, 0.15) is 0 Å². The summed E-state index contributed by atoms with van der Waals surface area (Å²) in [5.41, 5.74) is 2.07. The highest BCUT2D eigenvalue weighted by Gasteiger charge is 2.60. The van der Waals surface area contributed by atoms with Gasteiger partial charge in [-0.1, -0.05) is 26.7 Å². The molecule has 0 radical (unpaired) electrons. The summed E-state index contributed by atoms with van der Waals surface area (Å²) in [4.78, 5) is 0. The van der Waals surface area contributed by atoms with Gasteiger partial charge in [0.15, 0.2) is 0 Å². The van der Waals surface area contributed by atoms with Crippen LogP contribution in [-0.4, -0.2) is 13.1 Å². The van der Waals surface area contributed by atoms with Crippen molar-refractivity contribution in [1.82, 2.24) is 5.32 Å². The molecule has 1 N–H and O–H groups in total. The first-order chi connectivity index (χ1) is 9.42. The van der Waals surface area contributed by atoms with Crippen LogP contribution < -0.4 is 5.32 Å². The molecule has 0 aliphatic heterocycles. The molecule has 1 nitrogen and oxygen atoms in total. The van der Waals surface area contributed by atoms with Gasteiger partial charge in [0, 0.05) is 6.04 Å². The van der Waals surface area contributed by atoms with E-state index < -0.39 is 0 Å². The van der Waals surface area contributed by atoms with Crippen molar-refractivity contribution in [3.8, 4) is 0 Å². The molecule has 1 heteroatoms. The van der Waals surface area contributed by atoms with Crippen molar-refractivity contribution in [2.24, 2.45) is 28.1 Å². The molecule has 3 unspecified atom stereocenters. The summed E-state index contributed by atoms with van der Waals surface area (Å²) in [6.45, 7) is 5.22. The van der Waals surface area contributed by atoms with Crippen molar-refractivity contribution in [3.05, 3.63) is 0 Å². The van der Waals surface area contributed by atoms with Crippen molar-refractivity contribution < 1.29 is 0 Å². The normalized spacial score (nSPS) is 51.5. The van der Waals surface area contributed by atoms with Gasteiger partial charge in [-0.25, -0.2) is 0 Å². The van der Waals surface area contributed by atoms with Crippen LogP contribution in [0.25, 0.3) is 0 Å². The second-order valence-electron chi connectivity index (χ2n) is 10.00. The molecule has 114 valence electrons. The minimum Gasteiger partial charge on any atom is -0.317 e. The van der Waals surface area contributed by atoms with Crippen molar-refractivity contribution in [1.29, 1.82) is 0 Å². The van der Waals surface area contributed by atoms with E-state index in [1.165, 1.54) is 57.8 Å². The zero-order valence-electron chi connectivity index (χ0n) is 13.8. The van der Waals surface area contributed by atoms with E-state index >= 15 is 0 Å². The fourth-order valence-electron chi connectivity index (χ4n) is 7.49. The Kier molecular flexibility index (Phi) is 2.89. The highest BCUT2D eigenvalue weighted by Crippen LogP contribution is 2.70. The average Bonchev–Trinajstić information content (AvgIpc) is 3.06. The molecule has 0 aromatic heterocycles. The molecule has 5 aliphatic carbocycles. The van der Waals surface area contributed by atoms with E-state index in [0.29, 0.717) is 16.2 Å². The lowest BCUT2D eigenvalue weighted by molar-refractivity contribution is -0.150. The molecule has 0 aromatic rings. The SMILES string of the molecule is CNC(CC1CC1)CC12CC3CC(C)(CC(C)(C3)C1)C2. The number of nitrogens with one attached hydrogen (secondary N) is 1. The second-order valence-corrected chi connectivity index (χ2v) is 10.00. The van der Waals surface area contributed by atoms with E-state index in [9.17, 15) is 0 Å². The largest absolute Gasteiger partial charge is 0.317 e. The first-order valence-electron chi connectivity index (χ1n) is 9.09. The number of rotatable bonds is 5. The van der Waals surface area contributed by atoms with Gasteiger partial charge >= 0.3 is 0 Å². The standard InChI is InChI=1S/C19H33N/c1-17-7-15-8-18(2,11-17)13-19(9-15,12-17)10-16(20-3)6-14-4-5-14/h14-16,20H,4-13H2,1-3H3. The molecule has 20 heavy (non-hydrogen) atoms. The van der Waals surface area contributed by atoms with Gasteiger partial charge in [0.05, 0.1) is 0 Å². The molecule has 5 fully saturated rings. The van der Waals surface area contributed by atoms with E-state index in [1.54, 1.807) is 6.42 Å². The average molecular weight is 275 g/mol. The zero-order valence-corrected chi connectivity index (χ0v) is 13.8. The van der Waals surface area contributed by atoms with Crippen molar-refractivity contribution in [2.45, 2.75) is 84.1 Å². The third kappa shape index (κ3) is 2.34. The lowest BCUT2D eigenvalue weighted by atomic mass is 9.39. The fraction of sp³-hybridized carbons (Fsp3) is 1.00.